The number of nitrogens with one attached hydrogen (secondary N) is 1. The van der Waals surface area contributed by atoms with E-state index in [0.29, 0.717) is 10.4 Å². The van der Waals surface area contributed by atoms with Gasteiger partial charge < -0.3 is 9.72 Å². The summed E-state index contributed by atoms with van der Waals surface area (Å²) >= 11 is 7.13. The van der Waals surface area contributed by atoms with Gasteiger partial charge in [0.2, 0.25) is 0 Å². The van der Waals surface area contributed by atoms with E-state index >= 15 is 0 Å². The highest BCUT2D eigenvalue weighted by Gasteiger charge is 2.20. The normalized spacial score (nSPS) is 12.3. The van der Waals surface area contributed by atoms with E-state index in [2.05, 4.69) is 36.8 Å². The van der Waals surface area contributed by atoms with E-state index < -0.39 is 0 Å². The van der Waals surface area contributed by atoms with Crippen molar-refractivity contribution in [2.75, 3.05) is 12.4 Å². The molecule has 1 aromatic heterocycles. The fourth-order valence-electron chi connectivity index (χ4n) is 2.91. The first-order chi connectivity index (χ1) is 12.1. The van der Waals surface area contributed by atoms with Crippen molar-refractivity contribution in [3.8, 4) is 5.75 Å². The highest BCUT2D eigenvalue weighted by Crippen LogP contribution is 2.27. The second-order valence-electron chi connectivity index (χ2n) is 5.87. The second-order valence-corrected chi connectivity index (χ2v) is 7.81. The van der Waals surface area contributed by atoms with E-state index in [9.17, 15) is 4.79 Å². The average molecular weight is 465 g/mol. The first-order valence-electron chi connectivity index (χ1n) is 8.12. The van der Waals surface area contributed by atoms with Gasteiger partial charge in [-0.3, -0.25) is 4.79 Å². The Labute approximate surface area is 164 Å². The summed E-state index contributed by atoms with van der Waals surface area (Å²) in [6.45, 7) is 0. The van der Waals surface area contributed by atoms with Crippen molar-refractivity contribution < 1.29 is 9.53 Å². The quantitative estimate of drug-likeness (QED) is 0.370. The Morgan fingerprint density at radius 1 is 1.16 bits per heavy atom. The second kappa shape index (κ2) is 8.19. The number of ketones is 1. The third-order valence-corrected chi connectivity index (χ3v) is 6.67. The van der Waals surface area contributed by atoms with E-state index in [1.54, 1.807) is 7.11 Å². The molecule has 0 aliphatic rings. The molecular formula is C20H19Br2NO2. The van der Waals surface area contributed by atoms with Gasteiger partial charge in [-0.15, -0.1) is 0 Å². The van der Waals surface area contributed by atoms with Crippen molar-refractivity contribution in [3.63, 3.8) is 0 Å². The van der Waals surface area contributed by atoms with Gasteiger partial charge in [-0.2, -0.15) is 0 Å². The van der Waals surface area contributed by atoms with Crippen LogP contribution in [0.15, 0.2) is 48.5 Å². The van der Waals surface area contributed by atoms with Gasteiger partial charge in [-0.25, -0.2) is 0 Å². The van der Waals surface area contributed by atoms with Gasteiger partial charge in [0.15, 0.2) is 5.78 Å². The van der Waals surface area contributed by atoms with Crippen LogP contribution in [0.2, 0.25) is 0 Å². The molecule has 25 heavy (non-hydrogen) atoms. The fourth-order valence-corrected chi connectivity index (χ4v) is 3.46. The summed E-state index contributed by atoms with van der Waals surface area (Å²) in [6.07, 6.45) is 1.76. The Morgan fingerprint density at radius 2 is 1.88 bits per heavy atom. The number of fused-ring (bicyclic) bond motifs is 1. The number of carbonyl (C=O) groups excluding carboxylic acids is 1. The summed E-state index contributed by atoms with van der Waals surface area (Å²) < 4.78 is 5.18. The highest BCUT2D eigenvalue weighted by atomic mass is 79.9. The van der Waals surface area contributed by atoms with Gasteiger partial charge in [-0.05, 0) is 43.2 Å². The van der Waals surface area contributed by atoms with E-state index in [1.165, 1.54) is 0 Å². The Morgan fingerprint density at radius 3 is 2.56 bits per heavy atom. The van der Waals surface area contributed by atoms with Crippen molar-refractivity contribution in [3.05, 3.63) is 65.4 Å². The number of rotatable bonds is 7. The van der Waals surface area contributed by atoms with Crippen LogP contribution in [0.25, 0.3) is 10.9 Å². The van der Waals surface area contributed by atoms with Crippen LogP contribution in [0.1, 0.15) is 28.0 Å². The number of ether oxygens (including phenoxy) is 1. The Kier molecular flexibility index (Phi) is 5.97. The number of aromatic amines is 1. The lowest BCUT2D eigenvalue weighted by atomic mass is 9.98. The summed E-state index contributed by atoms with van der Waals surface area (Å²) in [5.74, 6) is 0.787. The minimum atomic E-state index is 0.0417. The lowest BCUT2D eigenvalue weighted by Crippen LogP contribution is -2.07. The van der Waals surface area contributed by atoms with Crippen molar-refractivity contribution in [1.29, 1.82) is 0 Å². The largest absolute Gasteiger partial charge is 0.497 e. The molecule has 2 aromatic carbocycles. The molecule has 3 rings (SSSR count). The molecule has 1 heterocycles. The molecule has 0 saturated carbocycles. The minimum Gasteiger partial charge on any atom is -0.497 e. The van der Waals surface area contributed by atoms with E-state index in [0.717, 1.165) is 46.1 Å². The van der Waals surface area contributed by atoms with Gasteiger partial charge in [0.1, 0.15) is 5.75 Å². The zero-order valence-electron chi connectivity index (χ0n) is 13.9. The molecule has 0 saturated heterocycles. The molecule has 130 valence electrons. The minimum absolute atomic E-state index is 0.0417. The maximum Gasteiger partial charge on any atom is 0.195 e. The van der Waals surface area contributed by atoms with Gasteiger partial charge in [0.25, 0.3) is 0 Å². The lowest BCUT2D eigenvalue weighted by Gasteiger charge is -2.08. The first kappa shape index (κ1) is 18.2. The third-order valence-electron chi connectivity index (χ3n) is 4.24. The number of hydrogen-bond donors (Lipinski definition) is 1. The van der Waals surface area contributed by atoms with Crippen molar-refractivity contribution in [2.45, 2.75) is 17.7 Å². The smallest absolute Gasteiger partial charge is 0.195 e. The predicted molar refractivity (Wildman–Crippen MR) is 110 cm³/mol. The summed E-state index contributed by atoms with van der Waals surface area (Å²) in [6, 6.07) is 15.2. The molecule has 3 aromatic rings. The Bertz CT molecular complexity index is 871. The van der Waals surface area contributed by atoms with Crippen LogP contribution in [0.3, 0.4) is 0 Å². The standard InChI is InChI=1S/C20H19Br2NO2/c1-25-15-9-6-13(7-10-15)20(24)19-16-4-2-3-5-17(16)23-18(19)11-8-14(22)12-21/h2-7,9-10,14,23H,8,11-12H2,1H3. The molecule has 1 atom stereocenters. The van der Waals surface area contributed by atoms with Crippen LogP contribution in [0.4, 0.5) is 0 Å². The third kappa shape index (κ3) is 3.98. The van der Waals surface area contributed by atoms with Gasteiger partial charge >= 0.3 is 0 Å². The van der Waals surface area contributed by atoms with Crippen molar-refractivity contribution >= 4 is 48.5 Å². The first-order valence-corrected chi connectivity index (χ1v) is 10.2. The highest BCUT2D eigenvalue weighted by molar-refractivity contribution is 9.12. The van der Waals surface area contributed by atoms with Crippen LogP contribution in [-0.2, 0) is 6.42 Å². The monoisotopic (exact) mass is 463 g/mol. The number of aryl methyl sites for hydroxylation is 1. The molecular weight excluding hydrogens is 446 g/mol. The van der Waals surface area contributed by atoms with Crippen LogP contribution >= 0.6 is 31.9 Å². The molecule has 1 unspecified atom stereocenters. The number of hydrogen-bond acceptors (Lipinski definition) is 2. The van der Waals surface area contributed by atoms with Crippen LogP contribution in [-0.4, -0.2) is 28.0 Å². The molecule has 1 N–H and O–H groups in total. The number of halogens is 2. The van der Waals surface area contributed by atoms with Gasteiger partial charge in [0.05, 0.1) is 12.7 Å². The average Bonchev–Trinajstić information content (AvgIpc) is 3.03. The summed E-state index contributed by atoms with van der Waals surface area (Å²) in [5.41, 5.74) is 3.43. The topological polar surface area (TPSA) is 42.1 Å². The SMILES string of the molecule is COc1ccc(C(=O)c2c(CCC(Br)CBr)[nH]c3ccccc23)cc1. The Hall–Kier alpha value is -1.59. The fraction of sp³-hybridized carbons (Fsp3) is 0.250. The zero-order valence-corrected chi connectivity index (χ0v) is 17.1. The van der Waals surface area contributed by atoms with Crippen LogP contribution < -0.4 is 4.74 Å². The predicted octanol–water partition coefficient (Wildman–Crippen LogP) is 5.50. The number of benzene rings is 2. The van der Waals surface area contributed by atoms with Crippen molar-refractivity contribution in [1.82, 2.24) is 4.98 Å². The summed E-state index contributed by atoms with van der Waals surface area (Å²) in [7, 11) is 1.62. The van der Waals surface area contributed by atoms with E-state index in [1.807, 2.05) is 48.5 Å². The Balaban J connectivity index is 2.01. The molecule has 0 aliphatic heterocycles. The number of methoxy groups -OCH3 is 1. The molecule has 0 radical (unpaired) electrons. The number of para-hydroxylation sites is 1. The molecule has 0 amide bonds. The van der Waals surface area contributed by atoms with Gasteiger partial charge in [-0.1, -0.05) is 50.1 Å². The zero-order chi connectivity index (χ0) is 17.8. The maximum atomic E-state index is 13.2. The lowest BCUT2D eigenvalue weighted by molar-refractivity contribution is 0.103. The van der Waals surface area contributed by atoms with Crippen LogP contribution in [0, 0.1) is 0 Å². The van der Waals surface area contributed by atoms with E-state index in [-0.39, 0.29) is 5.78 Å². The number of alkyl halides is 2. The molecule has 0 bridgehead atoms. The number of H-pyrrole nitrogens is 1. The molecule has 3 nitrogen and oxygen atoms in total. The summed E-state index contributed by atoms with van der Waals surface area (Å²) in [5, 5.41) is 1.86. The van der Waals surface area contributed by atoms with E-state index in [4.69, 9.17) is 4.74 Å². The van der Waals surface area contributed by atoms with Gasteiger partial charge in [0, 0.05) is 32.3 Å². The number of aromatic nitrogens is 1. The summed E-state index contributed by atoms with van der Waals surface area (Å²) in [4.78, 5) is 17.0. The maximum absolute atomic E-state index is 13.2. The molecule has 0 spiro atoms. The number of carbonyl (C=O) groups is 1. The molecule has 0 aliphatic carbocycles. The van der Waals surface area contributed by atoms with Crippen molar-refractivity contribution in [2.24, 2.45) is 0 Å². The molecule has 5 heteroatoms. The van der Waals surface area contributed by atoms with Crippen LogP contribution in [0.5, 0.6) is 5.75 Å². The molecule has 0 fully saturated rings.